The van der Waals surface area contributed by atoms with Crippen LogP contribution >= 0.6 is 0 Å². The summed E-state index contributed by atoms with van der Waals surface area (Å²) in [6.07, 6.45) is -1.35. The largest absolute Gasteiger partial charge is 0.416 e. The molecule has 1 saturated carbocycles. The molecule has 0 atom stereocenters. The van der Waals surface area contributed by atoms with Gasteiger partial charge in [0.15, 0.2) is 0 Å². The van der Waals surface area contributed by atoms with Gasteiger partial charge >= 0.3 is 6.18 Å². The van der Waals surface area contributed by atoms with E-state index >= 15 is 0 Å². The number of carbonyl (C=O) groups is 2. The number of likely N-dealkylation sites (N-methyl/N-ethyl adjacent to an activating group) is 1. The molecule has 2 amide bonds. The summed E-state index contributed by atoms with van der Waals surface area (Å²) in [5.74, 6) is 5.45. The molecule has 1 aliphatic heterocycles. The van der Waals surface area contributed by atoms with E-state index in [1.165, 1.54) is 24.4 Å². The standard InChI is InChI=1S/C31H31F3N6O2/c1-39-11-13-40(14-12-39)19-24-9-10-25(17-27(24)31(32,33)34)37-30(42)23-4-2-3-20(15-23)5-6-22-16-26(18-36-28(22)35)38-29(41)21-7-8-21/h2-4,9-10,15-18,21H,7-8,11-14,19H2,1H3,(H2,35,36)(H,37,42)(H,38,41). The maximum atomic E-state index is 13.9. The Morgan fingerprint density at radius 2 is 1.76 bits per heavy atom. The van der Waals surface area contributed by atoms with E-state index in [1.54, 1.807) is 24.3 Å². The number of carbonyl (C=O) groups excluding carboxylic acids is 2. The van der Waals surface area contributed by atoms with Crippen molar-refractivity contribution >= 4 is 29.0 Å². The normalized spacial score (nSPS) is 15.9. The number of nitrogens with two attached hydrogens (primary N) is 1. The first-order valence-electron chi connectivity index (χ1n) is 13.7. The Morgan fingerprint density at radius 1 is 1.00 bits per heavy atom. The topological polar surface area (TPSA) is 104 Å². The number of nitrogens with one attached hydrogen (secondary N) is 2. The number of halogens is 3. The second-order valence-corrected chi connectivity index (χ2v) is 10.7. The van der Waals surface area contributed by atoms with Crippen molar-refractivity contribution in [3.63, 3.8) is 0 Å². The quantitative estimate of drug-likeness (QED) is 0.375. The van der Waals surface area contributed by atoms with Crippen molar-refractivity contribution in [2.45, 2.75) is 25.6 Å². The zero-order valence-corrected chi connectivity index (χ0v) is 23.1. The van der Waals surface area contributed by atoms with Crippen LogP contribution < -0.4 is 16.4 Å². The number of anilines is 3. The fraction of sp³-hybridized carbons (Fsp3) is 0.323. The van der Waals surface area contributed by atoms with Gasteiger partial charge in [-0.25, -0.2) is 4.98 Å². The predicted molar refractivity (Wildman–Crippen MR) is 155 cm³/mol. The monoisotopic (exact) mass is 576 g/mol. The molecule has 1 saturated heterocycles. The van der Waals surface area contributed by atoms with Crippen LogP contribution in [-0.4, -0.2) is 59.8 Å². The van der Waals surface area contributed by atoms with Gasteiger partial charge in [0.05, 0.1) is 23.0 Å². The molecule has 8 nitrogen and oxygen atoms in total. The van der Waals surface area contributed by atoms with E-state index in [0.717, 1.165) is 32.0 Å². The van der Waals surface area contributed by atoms with Crippen LogP contribution in [0, 0.1) is 17.8 Å². The maximum Gasteiger partial charge on any atom is 0.416 e. The van der Waals surface area contributed by atoms with Gasteiger partial charge in [-0.2, -0.15) is 13.2 Å². The minimum atomic E-state index is -4.56. The summed E-state index contributed by atoms with van der Waals surface area (Å²) in [6, 6.07) is 12.0. The van der Waals surface area contributed by atoms with Crippen LogP contribution in [-0.2, 0) is 17.5 Å². The lowest BCUT2D eigenvalue weighted by molar-refractivity contribution is -0.138. The molecule has 4 N–H and O–H groups in total. The highest BCUT2D eigenvalue weighted by Crippen LogP contribution is 2.35. The Kier molecular flexibility index (Phi) is 8.47. The van der Waals surface area contributed by atoms with Gasteiger partial charge in [0.25, 0.3) is 5.91 Å². The van der Waals surface area contributed by atoms with Crippen LogP contribution in [0.25, 0.3) is 0 Å². The first-order chi connectivity index (χ1) is 20.0. The molecule has 2 aliphatic rings. The molecule has 1 aromatic heterocycles. The third-order valence-corrected chi connectivity index (χ3v) is 7.26. The molecule has 0 bridgehead atoms. The van der Waals surface area contributed by atoms with Crippen LogP contribution in [0.2, 0.25) is 0 Å². The first kappa shape index (κ1) is 29.1. The first-order valence-corrected chi connectivity index (χ1v) is 13.7. The molecule has 11 heteroatoms. The van der Waals surface area contributed by atoms with E-state index in [-0.39, 0.29) is 41.0 Å². The zero-order valence-electron chi connectivity index (χ0n) is 23.1. The lowest BCUT2D eigenvalue weighted by Crippen LogP contribution is -2.44. The number of alkyl halides is 3. The smallest absolute Gasteiger partial charge is 0.383 e. The summed E-state index contributed by atoms with van der Waals surface area (Å²) in [7, 11) is 1.99. The lowest BCUT2D eigenvalue weighted by Gasteiger charge is -2.33. The predicted octanol–water partition coefficient (Wildman–Crippen LogP) is 4.43. The fourth-order valence-corrected chi connectivity index (χ4v) is 4.62. The van der Waals surface area contributed by atoms with Gasteiger partial charge in [0.2, 0.25) is 5.91 Å². The number of amides is 2. The summed E-state index contributed by atoms with van der Waals surface area (Å²) >= 11 is 0. The number of benzene rings is 2. The number of nitrogens with zero attached hydrogens (tertiary/aromatic N) is 3. The Labute approximate surface area is 242 Å². The van der Waals surface area contributed by atoms with Crippen LogP contribution in [0.3, 0.4) is 0 Å². The SMILES string of the molecule is CN1CCN(Cc2ccc(NC(=O)c3cccc(C#Cc4cc(NC(=O)C5CC5)cnc4N)c3)cc2C(F)(F)F)CC1. The number of hydrogen-bond donors (Lipinski definition) is 3. The number of aromatic nitrogens is 1. The third-order valence-electron chi connectivity index (χ3n) is 7.26. The molecule has 42 heavy (non-hydrogen) atoms. The molecule has 2 heterocycles. The minimum Gasteiger partial charge on any atom is -0.383 e. The summed E-state index contributed by atoms with van der Waals surface area (Å²) in [6.45, 7) is 3.17. The van der Waals surface area contributed by atoms with E-state index in [9.17, 15) is 22.8 Å². The molecule has 2 aromatic carbocycles. The van der Waals surface area contributed by atoms with Gasteiger partial charge in [-0.3, -0.25) is 14.5 Å². The van der Waals surface area contributed by atoms with Gasteiger partial charge in [-0.1, -0.05) is 24.0 Å². The molecular weight excluding hydrogens is 545 g/mol. The van der Waals surface area contributed by atoms with Gasteiger partial charge in [0, 0.05) is 55.5 Å². The molecule has 2 fully saturated rings. The summed E-state index contributed by atoms with van der Waals surface area (Å²) in [5, 5.41) is 5.38. The van der Waals surface area contributed by atoms with E-state index < -0.39 is 17.6 Å². The molecule has 1 aliphatic carbocycles. The third kappa shape index (κ3) is 7.46. The second kappa shape index (κ2) is 12.2. The maximum absolute atomic E-state index is 13.9. The average Bonchev–Trinajstić information content (AvgIpc) is 3.81. The van der Waals surface area contributed by atoms with Crippen LogP contribution in [0.15, 0.2) is 54.7 Å². The number of pyridine rings is 1. The number of hydrogen-bond acceptors (Lipinski definition) is 6. The Balaban J connectivity index is 1.29. The Morgan fingerprint density at radius 3 is 2.48 bits per heavy atom. The summed E-state index contributed by atoms with van der Waals surface area (Å²) in [5.41, 5.74) is 7.04. The number of piperazine rings is 1. The fourth-order valence-electron chi connectivity index (χ4n) is 4.62. The lowest BCUT2D eigenvalue weighted by atomic mass is 10.0. The summed E-state index contributed by atoms with van der Waals surface area (Å²) in [4.78, 5) is 33.3. The second-order valence-electron chi connectivity index (χ2n) is 10.7. The van der Waals surface area contributed by atoms with E-state index in [1.807, 2.05) is 11.9 Å². The summed E-state index contributed by atoms with van der Waals surface area (Å²) < 4.78 is 41.8. The number of rotatable bonds is 6. The van der Waals surface area contributed by atoms with Crippen molar-refractivity contribution in [1.29, 1.82) is 0 Å². The van der Waals surface area contributed by atoms with Crippen molar-refractivity contribution in [1.82, 2.24) is 14.8 Å². The highest BCUT2D eigenvalue weighted by atomic mass is 19.4. The van der Waals surface area contributed by atoms with Gasteiger partial charge in [0.1, 0.15) is 5.82 Å². The van der Waals surface area contributed by atoms with Gasteiger partial charge in [-0.05, 0) is 61.9 Å². The number of nitrogen functional groups attached to an aromatic ring is 1. The molecule has 0 spiro atoms. The molecule has 0 radical (unpaired) electrons. The zero-order chi connectivity index (χ0) is 29.9. The van der Waals surface area contributed by atoms with Crippen LogP contribution in [0.4, 0.5) is 30.4 Å². The molecular formula is C31H31F3N6O2. The van der Waals surface area contributed by atoms with Crippen molar-refractivity contribution in [2.24, 2.45) is 5.92 Å². The highest BCUT2D eigenvalue weighted by Gasteiger charge is 2.34. The molecule has 218 valence electrons. The molecule has 5 rings (SSSR count). The van der Waals surface area contributed by atoms with Gasteiger partial charge < -0.3 is 21.3 Å². The highest BCUT2D eigenvalue weighted by molar-refractivity contribution is 6.04. The van der Waals surface area contributed by atoms with E-state index in [0.29, 0.717) is 29.9 Å². The van der Waals surface area contributed by atoms with Crippen LogP contribution in [0.5, 0.6) is 0 Å². The minimum absolute atomic E-state index is 0.0334. The van der Waals surface area contributed by atoms with Crippen molar-refractivity contribution in [2.75, 3.05) is 49.6 Å². The van der Waals surface area contributed by atoms with Crippen LogP contribution in [0.1, 0.15) is 45.5 Å². The van der Waals surface area contributed by atoms with Crippen molar-refractivity contribution in [3.05, 3.63) is 82.5 Å². The molecule has 3 aromatic rings. The van der Waals surface area contributed by atoms with Gasteiger partial charge in [-0.15, -0.1) is 0 Å². The van der Waals surface area contributed by atoms with Crippen molar-refractivity contribution < 1.29 is 22.8 Å². The average molecular weight is 577 g/mol. The van der Waals surface area contributed by atoms with E-state index in [4.69, 9.17) is 5.73 Å². The Bertz CT molecular complexity index is 1550. The Hall–Kier alpha value is -4.40. The van der Waals surface area contributed by atoms with Crippen molar-refractivity contribution in [3.8, 4) is 11.8 Å². The van der Waals surface area contributed by atoms with E-state index in [2.05, 4.69) is 32.4 Å². The molecule has 0 unspecified atom stereocenters.